The van der Waals surface area contributed by atoms with E-state index >= 15 is 0 Å². The quantitative estimate of drug-likeness (QED) is 0.213. The van der Waals surface area contributed by atoms with Gasteiger partial charge >= 0.3 is 11.4 Å². The summed E-state index contributed by atoms with van der Waals surface area (Å²) in [5, 5.41) is 29.3. The first-order chi connectivity index (χ1) is 20.6. The second kappa shape index (κ2) is 13.7. The van der Waals surface area contributed by atoms with Gasteiger partial charge in [0.05, 0.1) is 25.9 Å². The zero-order valence-corrected chi connectivity index (χ0v) is 30.9. The van der Waals surface area contributed by atoms with Crippen LogP contribution in [-0.2, 0) is 0 Å². The Morgan fingerprint density at radius 1 is 0.711 bits per heavy atom. The highest BCUT2D eigenvalue weighted by molar-refractivity contribution is 9.10. The van der Waals surface area contributed by atoms with Crippen LogP contribution in [0.5, 0.6) is 5.75 Å². The molecular formula is C33H47Br2FN4O5. The molecule has 2 N–H and O–H groups in total. The van der Waals surface area contributed by atoms with Gasteiger partial charge in [0.25, 0.3) is 0 Å². The van der Waals surface area contributed by atoms with Crippen LogP contribution in [0.25, 0.3) is 0 Å². The van der Waals surface area contributed by atoms with E-state index in [4.69, 9.17) is 4.74 Å². The summed E-state index contributed by atoms with van der Waals surface area (Å²) in [6, 6.07) is 6.91. The Morgan fingerprint density at radius 3 is 1.42 bits per heavy atom. The summed E-state index contributed by atoms with van der Waals surface area (Å²) in [6.45, 7) is 17.9. The molecule has 2 aliphatic carbocycles. The van der Waals surface area contributed by atoms with Gasteiger partial charge in [-0.25, -0.2) is 0 Å². The maximum Gasteiger partial charge on any atom is 0.334 e. The molecule has 9 nitrogen and oxygen atoms in total. The first-order valence-corrected chi connectivity index (χ1v) is 16.8. The molecule has 250 valence electrons. The molecular weight excluding hydrogens is 711 g/mol. The Morgan fingerprint density at radius 2 is 1.07 bits per heavy atom. The Bertz CT molecular complexity index is 1400. The Labute approximate surface area is 283 Å². The van der Waals surface area contributed by atoms with Gasteiger partial charge in [-0.05, 0) is 116 Å². The fraction of sp³-hybridized carbons (Fsp3) is 0.636. The maximum atomic E-state index is 14.0. The van der Waals surface area contributed by atoms with Gasteiger partial charge in [-0.15, -0.1) is 0 Å². The second-order valence-corrected chi connectivity index (χ2v) is 17.5. The largest absolute Gasteiger partial charge is 0.489 e. The van der Waals surface area contributed by atoms with Crippen LogP contribution >= 0.6 is 31.9 Å². The highest BCUT2D eigenvalue weighted by atomic mass is 79.9. The Balaban J connectivity index is 0.000000246. The van der Waals surface area contributed by atoms with E-state index in [9.17, 15) is 24.6 Å². The number of halogens is 3. The standard InChI is InChI=1S/C17H25BrN2O3.C16H22BrFN2O2/c1-16(2)8-11(9-17(3,4)10-16)19-13-7-6-12(18)15(23-5)14(13)20(21)22;1-15(2)7-10(8-16(3,4)9-15)19-12-6-5-11(17)13(18)14(12)20(21)22/h6-7,11,19H,8-10H2,1-5H3;5-6,10,19H,7-9H2,1-4H3. The van der Waals surface area contributed by atoms with Crippen LogP contribution in [0.3, 0.4) is 0 Å². The lowest BCUT2D eigenvalue weighted by Crippen LogP contribution is -2.40. The van der Waals surface area contributed by atoms with Gasteiger partial charge in [-0.2, -0.15) is 4.39 Å². The number of benzene rings is 2. The molecule has 45 heavy (non-hydrogen) atoms. The number of nitrogens with zero attached hydrogens (tertiary/aromatic N) is 2. The van der Waals surface area contributed by atoms with Crippen molar-refractivity contribution in [3.8, 4) is 5.75 Å². The van der Waals surface area contributed by atoms with E-state index in [-0.39, 0.29) is 60.3 Å². The first-order valence-electron chi connectivity index (χ1n) is 15.2. The van der Waals surface area contributed by atoms with Crippen LogP contribution < -0.4 is 15.4 Å². The summed E-state index contributed by atoms with van der Waals surface area (Å²) in [4.78, 5) is 21.7. The third-order valence-electron chi connectivity index (χ3n) is 8.55. The maximum absolute atomic E-state index is 14.0. The zero-order chi connectivity index (χ0) is 34.1. The molecule has 2 saturated carbocycles. The number of methoxy groups -OCH3 is 1. The second-order valence-electron chi connectivity index (χ2n) is 15.8. The van der Waals surface area contributed by atoms with Gasteiger partial charge in [0.15, 0.2) is 0 Å². The van der Waals surface area contributed by atoms with Crippen molar-refractivity contribution in [1.29, 1.82) is 0 Å². The van der Waals surface area contributed by atoms with Crippen molar-refractivity contribution < 1.29 is 19.0 Å². The van der Waals surface area contributed by atoms with Gasteiger partial charge in [-0.1, -0.05) is 55.4 Å². The van der Waals surface area contributed by atoms with Gasteiger partial charge in [0.1, 0.15) is 11.4 Å². The van der Waals surface area contributed by atoms with Crippen LogP contribution in [0.4, 0.5) is 27.1 Å². The molecule has 0 spiro atoms. The summed E-state index contributed by atoms with van der Waals surface area (Å²) in [5.74, 6) is -0.571. The summed E-state index contributed by atoms with van der Waals surface area (Å²) in [7, 11) is 1.45. The number of hydrogen-bond acceptors (Lipinski definition) is 7. The SMILES string of the molecule is CC1(C)CC(Nc2ccc(Br)c(F)c2[N+](=O)[O-])CC(C)(C)C1.COc1c(Br)ccc(NC2CC(C)(C)CC(C)(C)C2)c1[N+](=O)[O-]. The lowest BCUT2D eigenvalue weighted by molar-refractivity contribution is -0.386. The Hall–Kier alpha value is -2.47. The van der Waals surface area contributed by atoms with Crippen molar-refractivity contribution >= 4 is 54.6 Å². The highest BCUT2D eigenvalue weighted by Gasteiger charge is 2.40. The van der Waals surface area contributed by atoms with Gasteiger partial charge in [0.2, 0.25) is 11.6 Å². The number of nitro groups is 2. The number of ether oxygens (including phenoxy) is 1. The van der Waals surface area contributed by atoms with Crippen molar-refractivity contribution in [2.45, 2.75) is 106 Å². The summed E-state index contributed by atoms with van der Waals surface area (Å²) >= 11 is 6.32. The first kappa shape index (κ1) is 37.0. The lowest BCUT2D eigenvalue weighted by atomic mass is 9.63. The monoisotopic (exact) mass is 756 g/mol. The van der Waals surface area contributed by atoms with Crippen molar-refractivity contribution in [3.63, 3.8) is 0 Å². The minimum Gasteiger partial charge on any atom is -0.489 e. The van der Waals surface area contributed by atoms with Crippen LogP contribution in [-0.4, -0.2) is 29.0 Å². The summed E-state index contributed by atoms with van der Waals surface area (Å²) in [6.07, 6.45) is 6.06. The molecule has 0 amide bonds. The molecule has 4 rings (SSSR count). The van der Waals surface area contributed by atoms with Gasteiger partial charge < -0.3 is 15.4 Å². The molecule has 0 unspecified atom stereocenters. The van der Waals surface area contributed by atoms with E-state index in [2.05, 4.69) is 97.9 Å². The van der Waals surface area contributed by atoms with E-state index in [0.29, 0.717) is 10.2 Å². The third kappa shape index (κ3) is 9.76. The minimum absolute atomic E-state index is 0.0111. The van der Waals surface area contributed by atoms with Crippen LogP contribution in [0.1, 0.15) is 93.9 Å². The van der Waals surface area contributed by atoms with Crippen molar-refractivity contribution in [2.24, 2.45) is 21.7 Å². The Kier molecular flexibility index (Phi) is 11.3. The van der Waals surface area contributed by atoms with Crippen molar-refractivity contribution in [2.75, 3.05) is 17.7 Å². The fourth-order valence-electron chi connectivity index (χ4n) is 8.21. The molecule has 0 heterocycles. The predicted molar refractivity (Wildman–Crippen MR) is 186 cm³/mol. The van der Waals surface area contributed by atoms with Gasteiger partial charge in [0, 0.05) is 12.1 Å². The van der Waals surface area contributed by atoms with Crippen LogP contribution in [0.15, 0.2) is 33.2 Å². The molecule has 0 radical (unpaired) electrons. The van der Waals surface area contributed by atoms with Crippen LogP contribution in [0.2, 0.25) is 0 Å². The van der Waals surface area contributed by atoms with E-state index < -0.39 is 16.4 Å². The smallest absolute Gasteiger partial charge is 0.334 e. The van der Waals surface area contributed by atoms with Crippen LogP contribution in [0, 0.1) is 47.7 Å². The van der Waals surface area contributed by atoms with E-state index in [0.717, 1.165) is 38.5 Å². The van der Waals surface area contributed by atoms with Crippen molar-refractivity contribution in [1.82, 2.24) is 0 Å². The summed E-state index contributed by atoms with van der Waals surface area (Å²) < 4.78 is 20.0. The number of nitrogens with one attached hydrogen (secondary N) is 2. The molecule has 0 atom stereocenters. The highest BCUT2D eigenvalue weighted by Crippen LogP contribution is 2.49. The molecule has 12 heteroatoms. The molecule has 2 aliphatic rings. The average Bonchev–Trinajstić information content (AvgIpc) is 2.83. The number of nitro benzene ring substituents is 2. The van der Waals surface area contributed by atoms with Gasteiger partial charge in [-0.3, -0.25) is 20.2 Å². The minimum atomic E-state index is -0.829. The third-order valence-corrected chi connectivity index (χ3v) is 9.79. The molecule has 0 saturated heterocycles. The van der Waals surface area contributed by atoms with E-state index in [1.54, 1.807) is 18.2 Å². The van der Waals surface area contributed by atoms with E-state index in [1.165, 1.54) is 13.2 Å². The molecule has 2 fully saturated rings. The normalized spacial score (nSPS) is 20.4. The molecule has 0 bridgehead atoms. The molecule has 0 aliphatic heterocycles. The van der Waals surface area contributed by atoms with E-state index in [1.807, 2.05) is 0 Å². The molecule has 2 aromatic rings. The predicted octanol–water partition coefficient (Wildman–Crippen LogP) is 10.9. The zero-order valence-electron chi connectivity index (χ0n) is 27.8. The van der Waals surface area contributed by atoms with Crippen molar-refractivity contribution in [3.05, 3.63) is 59.3 Å². The molecule has 2 aromatic carbocycles. The topological polar surface area (TPSA) is 120 Å². The average molecular weight is 759 g/mol. The number of hydrogen-bond donors (Lipinski definition) is 2. The number of rotatable bonds is 7. The summed E-state index contributed by atoms with van der Waals surface area (Å²) in [5.41, 5.74) is 1.02. The number of anilines is 2. The lowest BCUT2D eigenvalue weighted by Gasteiger charge is -2.45. The fourth-order valence-corrected chi connectivity index (χ4v) is 9.01. The molecule has 0 aromatic heterocycles.